The molecule has 0 saturated carbocycles. The topological polar surface area (TPSA) is 78.8 Å². The fourth-order valence-corrected chi connectivity index (χ4v) is 2.01. The van der Waals surface area contributed by atoms with E-state index in [1.807, 2.05) is 24.3 Å². The Morgan fingerprint density at radius 3 is 2.10 bits per heavy atom. The van der Waals surface area contributed by atoms with E-state index in [2.05, 4.69) is 4.99 Å². The minimum atomic E-state index is -4.41. The number of benzene rings is 2. The number of hydrogen-bond donors (Lipinski definition) is 0. The predicted octanol–water partition coefficient (Wildman–Crippen LogP) is -0.646. The summed E-state index contributed by atoms with van der Waals surface area (Å²) in [6, 6.07) is 12.8. The van der Waals surface area contributed by atoms with Gasteiger partial charge in [0, 0.05) is 6.21 Å². The van der Waals surface area contributed by atoms with E-state index in [9.17, 15) is 13.0 Å². The van der Waals surface area contributed by atoms with Crippen LogP contribution < -0.4 is 34.3 Å². The molecule has 0 fully saturated rings. The summed E-state index contributed by atoms with van der Waals surface area (Å²) in [7, 11) is -2.82. The first-order chi connectivity index (χ1) is 9.49. The molecule has 0 aromatic heterocycles. The third-order valence-corrected chi connectivity index (χ3v) is 3.45. The fourth-order valence-electron chi connectivity index (χ4n) is 1.54. The summed E-state index contributed by atoms with van der Waals surface area (Å²) in [5.74, 6) is 0.757. The molecule has 21 heavy (non-hydrogen) atoms. The largest absolute Gasteiger partial charge is 1.00 e. The number of hydrogen-bond acceptors (Lipinski definition) is 5. The van der Waals surface area contributed by atoms with Gasteiger partial charge >= 0.3 is 29.6 Å². The minimum Gasteiger partial charge on any atom is -0.744 e. The zero-order valence-corrected chi connectivity index (χ0v) is 14.5. The summed E-state index contributed by atoms with van der Waals surface area (Å²) in [6.07, 6.45) is 1.64. The Morgan fingerprint density at radius 1 is 1.05 bits per heavy atom. The van der Waals surface area contributed by atoms with Gasteiger partial charge in [0.1, 0.15) is 15.9 Å². The molecule has 0 heterocycles. The summed E-state index contributed by atoms with van der Waals surface area (Å²) in [5, 5.41) is 0. The van der Waals surface area contributed by atoms with Crippen LogP contribution in [0.5, 0.6) is 5.75 Å². The van der Waals surface area contributed by atoms with Gasteiger partial charge in [0.2, 0.25) is 0 Å². The van der Waals surface area contributed by atoms with E-state index in [-0.39, 0.29) is 34.5 Å². The second kappa shape index (κ2) is 7.72. The Kier molecular flexibility index (Phi) is 6.57. The fraction of sp³-hybridized carbons (Fsp3) is 0.0714. The molecule has 2 aromatic carbocycles. The van der Waals surface area contributed by atoms with Crippen molar-refractivity contribution in [3.05, 3.63) is 54.1 Å². The zero-order valence-electron chi connectivity index (χ0n) is 11.7. The normalized spacial score (nSPS) is 11.1. The van der Waals surface area contributed by atoms with Crippen LogP contribution in [0.1, 0.15) is 5.56 Å². The van der Waals surface area contributed by atoms with Crippen LogP contribution in [0.2, 0.25) is 0 Å². The predicted molar refractivity (Wildman–Crippen MR) is 74.7 cm³/mol. The van der Waals surface area contributed by atoms with Crippen molar-refractivity contribution in [1.29, 1.82) is 0 Å². The van der Waals surface area contributed by atoms with E-state index in [0.29, 0.717) is 5.69 Å². The molecule has 0 atom stereocenters. The van der Waals surface area contributed by atoms with Crippen LogP contribution in [0, 0.1) is 0 Å². The molecule has 7 heteroatoms. The molecule has 104 valence electrons. The van der Waals surface area contributed by atoms with E-state index in [0.717, 1.165) is 11.3 Å². The Balaban J connectivity index is 0.00000220. The third kappa shape index (κ3) is 5.26. The molecule has 2 aromatic rings. The molecule has 5 nitrogen and oxygen atoms in total. The van der Waals surface area contributed by atoms with Gasteiger partial charge in [0.05, 0.1) is 17.7 Å². The van der Waals surface area contributed by atoms with Gasteiger partial charge in [-0.25, -0.2) is 8.42 Å². The van der Waals surface area contributed by atoms with Gasteiger partial charge in [-0.3, -0.25) is 4.99 Å². The molecule has 0 aliphatic carbocycles. The quantitative estimate of drug-likeness (QED) is 0.427. The molecule has 0 radical (unpaired) electrons. The minimum absolute atomic E-state index is 0. The summed E-state index contributed by atoms with van der Waals surface area (Å²) < 4.78 is 37.4. The van der Waals surface area contributed by atoms with Crippen LogP contribution in [-0.2, 0) is 10.1 Å². The van der Waals surface area contributed by atoms with E-state index >= 15 is 0 Å². The van der Waals surface area contributed by atoms with Crippen LogP contribution in [-0.4, -0.2) is 26.3 Å². The molecule has 0 saturated heterocycles. The van der Waals surface area contributed by atoms with Crippen molar-refractivity contribution in [3.8, 4) is 5.75 Å². The van der Waals surface area contributed by atoms with Gasteiger partial charge < -0.3 is 9.29 Å². The average molecular weight is 313 g/mol. The second-order valence-electron chi connectivity index (χ2n) is 3.98. The number of methoxy groups -OCH3 is 1. The molecule has 0 amide bonds. The van der Waals surface area contributed by atoms with Crippen LogP contribution in [0.25, 0.3) is 0 Å². The SMILES string of the molecule is COc1ccc(C=Nc2ccc(S(=O)(=O)[O-])cc2)cc1.[Na+]. The number of rotatable bonds is 4. The monoisotopic (exact) mass is 313 g/mol. The molecule has 0 spiro atoms. The second-order valence-corrected chi connectivity index (χ2v) is 5.36. The van der Waals surface area contributed by atoms with Gasteiger partial charge in [-0.1, -0.05) is 0 Å². The van der Waals surface area contributed by atoms with Gasteiger partial charge in [-0.15, -0.1) is 0 Å². The molecule has 0 aliphatic heterocycles. The summed E-state index contributed by atoms with van der Waals surface area (Å²) >= 11 is 0. The molecule has 0 N–H and O–H groups in total. The summed E-state index contributed by atoms with van der Waals surface area (Å²) in [5.41, 5.74) is 1.44. The Morgan fingerprint density at radius 2 is 1.62 bits per heavy atom. The van der Waals surface area contributed by atoms with Crippen LogP contribution >= 0.6 is 0 Å². The smallest absolute Gasteiger partial charge is 0.744 e. The van der Waals surface area contributed by atoms with E-state index in [1.54, 1.807) is 13.3 Å². The van der Waals surface area contributed by atoms with Gasteiger partial charge in [-0.2, -0.15) is 0 Å². The maximum atomic E-state index is 10.8. The molecule has 0 bridgehead atoms. The number of aliphatic imine (C=N–C) groups is 1. The Hall–Kier alpha value is -1.18. The summed E-state index contributed by atoms with van der Waals surface area (Å²) in [6.45, 7) is 0. The molecule has 0 unspecified atom stereocenters. The molecule has 0 aliphatic rings. The first-order valence-corrected chi connectivity index (χ1v) is 7.14. The Labute approximate surface area is 145 Å². The Bertz CT molecular complexity index is 710. The number of nitrogens with zero attached hydrogens (tertiary/aromatic N) is 1. The van der Waals surface area contributed by atoms with E-state index < -0.39 is 10.1 Å². The summed E-state index contributed by atoms with van der Waals surface area (Å²) in [4.78, 5) is 3.93. The molecular formula is C14H12NNaO4S. The van der Waals surface area contributed by atoms with Crippen LogP contribution in [0.4, 0.5) is 5.69 Å². The van der Waals surface area contributed by atoms with Crippen molar-refractivity contribution in [2.24, 2.45) is 4.99 Å². The van der Waals surface area contributed by atoms with Crippen molar-refractivity contribution in [2.75, 3.05) is 7.11 Å². The maximum absolute atomic E-state index is 10.8. The maximum Gasteiger partial charge on any atom is 1.00 e. The van der Waals surface area contributed by atoms with Crippen molar-refractivity contribution in [3.63, 3.8) is 0 Å². The van der Waals surface area contributed by atoms with Gasteiger partial charge in [0.15, 0.2) is 0 Å². The van der Waals surface area contributed by atoms with Gasteiger partial charge in [0.25, 0.3) is 0 Å². The number of ether oxygens (including phenoxy) is 1. The average Bonchev–Trinajstić information content (AvgIpc) is 2.45. The van der Waals surface area contributed by atoms with Crippen LogP contribution in [0.15, 0.2) is 58.4 Å². The van der Waals surface area contributed by atoms with E-state index in [4.69, 9.17) is 4.74 Å². The standard InChI is InChI=1S/C14H13NO4S.Na/c1-19-13-6-2-11(3-7-13)10-15-12-4-8-14(9-5-12)20(16,17)18;/h2-10H,1H3,(H,16,17,18);/q;+1/p-1. The van der Waals surface area contributed by atoms with Crippen LogP contribution in [0.3, 0.4) is 0 Å². The van der Waals surface area contributed by atoms with Crippen molar-refractivity contribution >= 4 is 22.0 Å². The molecule has 2 rings (SSSR count). The van der Waals surface area contributed by atoms with Gasteiger partial charge in [-0.05, 0) is 54.1 Å². The zero-order chi connectivity index (χ0) is 14.6. The van der Waals surface area contributed by atoms with E-state index in [1.165, 1.54) is 24.3 Å². The first kappa shape index (κ1) is 17.9. The third-order valence-electron chi connectivity index (χ3n) is 2.60. The van der Waals surface area contributed by atoms with Crippen molar-refractivity contribution in [2.45, 2.75) is 4.90 Å². The van der Waals surface area contributed by atoms with Crippen molar-refractivity contribution < 1.29 is 47.3 Å². The first-order valence-electron chi connectivity index (χ1n) is 5.73. The van der Waals surface area contributed by atoms with Crippen molar-refractivity contribution in [1.82, 2.24) is 0 Å². The molecular weight excluding hydrogens is 301 g/mol.